The van der Waals surface area contributed by atoms with Crippen LogP contribution in [0.3, 0.4) is 0 Å². The Morgan fingerprint density at radius 1 is 0.871 bits per heavy atom. The number of methoxy groups -OCH3 is 2. The third-order valence-corrected chi connectivity index (χ3v) is 5.72. The summed E-state index contributed by atoms with van der Waals surface area (Å²) in [6, 6.07) is 20.4. The molecule has 0 spiro atoms. The summed E-state index contributed by atoms with van der Waals surface area (Å²) in [7, 11) is -0.876. The fourth-order valence-electron chi connectivity index (χ4n) is 3.23. The van der Waals surface area contributed by atoms with Crippen LogP contribution in [0.15, 0.2) is 71.6 Å². The van der Waals surface area contributed by atoms with Gasteiger partial charge in [0.2, 0.25) is 5.91 Å². The molecule has 0 saturated carbocycles. The molecule has 31 heavy (non-hydrogen) atoms. The number of sulfone groups is 1. The van der Waals surface area contributed by atoms with E-state index >= 15 is 0 Å². The first-order valence-corrected chi connectivity index (χ1v) is 11.4. The number of para-hydroxylation sites is 1. The summed E-state index contributed by atoms with van der Waals surface area (Å²) in [5.41, 5.74) is 2.94. The normalized spacial score (nSPS) is 10.9. The van der Waals surface area contributed by atoms with Crippen molar-refractivity contribution in [1.29, 1.82) is 0 Å². The number of hydrogen-bond donors (Lipinski definition) is 2. The summed E-state index contributed by atoms with van der Waals surface area (Å²) >= 11 is 0. The Labute approximate surface area is 181 Å². The highest BCUT2D eigenvalue weighted by Crippen LogP contribution is 2.39. The van der Waals surface area contributed by atoms with Crippen molar-refractivity contribution in [3.63, 3.8) is 0 Å². The number of ether oxygens (including phenoxy) is 2. The van der Waals surface area contributed by atoms with Crippen LogP contribution < -0.4 is 20.1 Å². The maximum atomic E-state index is 12.6. The number of nitrogens with one attached hydrogen (secondary N) is 2. The topological polar surface area (TPSA) is 93.7 Å². The Balaban J connectivity index is 1.80. The van der Waals surface area contributed by atoms with E-state index in [1.807, 2.05) is 54.6 Å². The molecule has 8 heteroatoms. The van der Waals surface area contributed by atoms with Crippen LogP contribution in [-0.4, -0.2) is 41.3 Å². The average molecular weight is 441 g/mol. The molecule has 0 aliphatic rings. The lowest BCUT2D eigenvalue weighted by Crippen LogP contribution is -2.22. The van der Waals surface area contributed by atoms with Crippen molar-refractivity contribution >= 4 is 27.1 Å². The van der Waals surface area contributed by atoms with Gasteiger partial charge in [0, 0.05) is 17.5 Å². The van der Waals surface area contributed by atoms with Crippen molar-refractivity contribution in [2.24, 2.45) is 0 Å². The largest absolute Gasteiger partial charge is 0.495 e. The number of anilines is 2. The Morgan fingerprint density at radius 3 is 2.19 bits per heavy atom. The van der Waals surface area contributed by atoms with Gasteiger partial charge in [-0.15, -0.1) is 0 Å². The molecule has 7 nitrogen and oxygen atoms in total. The van der Waals surface area contributed by atoms with Gasteiger partial charge >= 0.3 is 0 Å². The van der Waals surface area contributed by atoms with Gasteiger partial charge in [-0.25, -0.2) is 8.42 Å². The van der Waals surface area contributed by atoms with Crippen molar-refractivity contribution in [3.05, 3.63) is 66.7 Å². The zero-order valence-corrected chi connectivity index (χ0v) is 18.3. The lowest BCUT2D eigenvalue weighted by atomic mass is 10.0. The minimum atomic E-state index is -3.62. The van der Waals surface area contributed by atoms with Crippen LogP contribution in [0.2, 0.25) is 0 Å². The van der Waals surface area contributed by atoms with Crippen molar-refractivity contribution < 1.29 is 22.7 Å². The molecule has 3 aromatic rings. The second-order valence-electron chi connectivity index (χ2n) is 6.76. The predicted octanol–water partition coefficient (Wildman–Crippen LogP) is 3.82. The zero-order valence-electron chi connectivity index (χ0n) is 17.5. The molecule has 0 fully saturated rings. The van der Waals surface area contributed by atoms with Gasteiger partial charge in [0.1, 0.15) is 5.75 Å². The Bertz CT molecular complexity index is 1180. The average Bonchev–Trinajstić information content (AvgIpc) is 2.77. The summed E-state index contributed by atoms with van der Waals surface area (Å²) in [4.78, 5) is 12.5. The first kappa shape index (κ1) is 22.2. The SMILES string of the molecule is COc1ccc(NCC(=O)Nc2ccccc2-c2ccccc2)c(OC)c1S(C)(=O)=O. The smallest absolute Gasteiger partial charge is 0.243 e. The first-order chi connectivity index (χ1) is 14.8. The van der Waals surface area contributed by atoms with Crippen molar-refractivity contribution in [2.45, 2.75) is 4.90 Å². The second-order valence-corrected chi connectivity index (χ2v) is 8.72. The maximum absolute atomic E-state index is 12.6. The quantitative estimate of drug-likeness (QED) is 0.553. The van der Waals surface area contributed by atoms with E-state index < -0.39 is 9.84 Å². The number of carbonyl (C=O) groups is 1. The molecular weight excluding hydrogens is 416 g/mol. The van der Waals surface area contributed by atoms with Gasteiger partial charge in [-0.2, -0.15) is 0 Å². The Hall–Kier alpha value is -3.52. The van der Waals surface area contributed by atoms with Gasteiger partial charge < -0.3 is 20.1 Å². The summed E-state index contributed by atoms with van der Waals surface area (Å²) < 4.78 is 34.9. The number of hydrogen-bond acceptors (Lipinski definition) is 6. The third kappa shape index (κ3) is 5.16. The van der Waals surface area contributed by atoms with Gasteiger partial charge in [-0.05, 0) is 23.8 Å². The Kier molecular flexibility index (Phi) is 6.81. The molecule has 3 aromatic carbocycles. The van der Waals surface area contributed by atoms with Crippen LogP contribution in [0.25, 0.3) is 11.1 Å². The van der Waals surface area contributed by atoms with Gasteiger partial charge in [0.25, 0.3) is 0 Å². The Morgan fingerprint density at radius 2 is 1.55 bits per heavy atom. The highest BCUT2D eigenvalue weighted by Gasteiger charge is 2.23. The monoisotopic (exact) mass is 440 g/mol. The molecule has 162 valence electrons. The standard InChI is InChI=1S/C23H24N2O5S/c1-29-20-14-13-19(22(30-2)23(20)31(3,27)28)24-15-21(26)25-18-12-8-7-11-17(18)16-9-5-4-6-10-16/h4-14,24H,15H2,1-3H3,(H,25,26). The number of amides is 1. The van der Waals surface area contributed by atoms with Crippen molar-refractivity contribution in [3.8, 4) is 22.6 Å². The molecule has 1 amide bonds. The molecule has 0 radical (unpaired) electrons. The van der Waals surface area contributed by atoms with Crippen LogP contribution in [0.1, 0.15) is 0 Å². The highest BCUT2D eigenvalue weighted by atomic mass is 32.2. The lowest BCUT2D eigenvalue weighted by Gasteiger charge is -2.17. The molecule has 3 rings (SSSR count). The molecule has 0 aliphatic heterocycles. The fraction of sp³-hybridized carbons (Fsp3) is 0.174. The maximum Gasteiger partial charge on any atom is 0.243 e. The fourth-order valence-corrected chi connectivity index (χ4v) is 4.28. The van der Waals surface area contributed by atoms with Gasteiger partial charge in [0.15, 0.2) is 20.5 Å². The molecule has 0 aliphatic carbocycles. The van der Waals surface area contributed by atoms with Crippen LogP contribution >= 0.6 is 0 Å². The minimum absolute atomic E-state index is 0.0719. The number of benzene rings is 3. The van der Waals surface area contributed by atoms with E-state index in [0.29, 0.717) is 11.4 Å². The van der Waals surface area contributed by atoms with E-state index in [4.69, 9.17) is 9.47 Å². The number of carbonyl (C=O) groups excluding carboxylic acids is 1. The van der Waals surface area contributed by atoms with E-state index in [-0.39, 0.29) is 28.8 Å². The molecule has 0 aromatic heterocycles. The second kappa shape index (κ2) is 9.53. The summed E-state index contributed by atoms with van der Waals surface area (Å²) in [5.74, 6) is -0.0207. The van der Waals surface area contributed by atoms with Crippen molar-refractivity contribution in [1.82, 2.24) is 0 Å². The molecular formula is C23H24N2O5S. The first-order valence-electron chi connectivity index (χ1n) is 9.48. The van der Waals surface area contributed by atoms with Gasteiger partial charge in [-0.1, -0.05) is 48.5 Å². The number of rotatable bonds is 8. The third-order valence-electron chi connectivity index (χ3n) is 4.60. The summed E-state index contributed by atoms with van der Waals surface area (Å²) in [6.07, 6.45) is 1.07. The molecule has 0 bridgehead atoms. The lowest BCUT2D eigenvalue weighted by molar-refractivity contribution is -0.114. The highest BCUT2D eigenvalue weighted by molar-refractivity contribution is 7.91. The van der Waals surface area contributed by atoms with E-state index in [2.05, 4.69) is 10.6 Å². The predicted molar refractivity (Wildman–Crippen MR) is 122 cm³/mol. The minimum Gasteiger partial charge on any atom is -0.495 e. The van der Waals surface area contributed by atoms with E-state index in [1.165, 1.54) is 20.3 Å². The molecule has 0 saturated heterocycles. The molecule has 0 unspecified atom stereocenters. The zero-order chi connectivity index (χ0) is 22.4. The van der Waals surface area contributed by atoms with E-state index in [0.717, 1.165) is 17.4 Å². The van der Waals surface area contributed by atoms with E-state index in [1.54, 1.807) is 6.07 Å². The molecule has 0 atom stereocenters. The van der Waals surface area contributed by atoms with Crippen LogP contribution in [0, 0.1) is 0 Å². The van der Waals surface area contributed by atoms with Crippen molar-refractivity contribution in [2.75, 3.05) is 37.7 Å². The summed E-state index contributed by atoms with van der Waals surface area (Å²) in [5, 5.41) is 5.85. The molecule has 2 N–H and O–H groups in total. The van der Waals surface area contributed by atoms with E-state index in [9.17, 15) is 13.2 Å². The molecule has 0 heterocycles. The van der Waals surface area contributed by atoms with Crippen LogP contribution in [-0.2, 0) is 14.6 Å². The van der Waals surface area contributed by atoms with Gasteiger partial charge in [0.05, 0.1) is 26.5 Å². The van der Waals surface area contributed by atoms with Gasteiger partial charge in [-0.3, -0.25) is 4.79 Å². The summed E-state index contributed by atoms with van der Waals surface area (Å²) in [6.45, 7) is -0.0883. The van der Waals surface area contributed by atoms with Crippen LogP contribution in [0.4, 0.5) is 11.4 Å². The van der Waals surface area contributed by atoms with Crippen LogP contribution in [0.5, 0.6) is 11.5 Å².